The van der Waals surface area contributed by atoms with Crippen LogP contribution in [0.25, 0.3) is 0 Å². The third-order valence-corrected chi connectivity index (χ3v) is 4.57. The molecule has 2 N–H and O–H groups in total. The van der Waals surface area contributed by atoms with Crippen molar-refractivity contribution in [2.75, 3.05) is 17.3 Å². The third-order valence-electron chi connectivity index (χ3n) is 4.57. The molecular weight excluding hydrogens is 358 g/mol. The average molecular weight is 377 g/mol. The minimum Gasteiger partial charge on any atom is -0.335 e. The quantitative estimate of drug-likeness (QED) is 0.699. The Bertz CT molecular complexity index is 986. The SMILES string of the molecule is CN1c2ncccc2C(=O)N[C@H]1c1ccc(NC(=O)CCn2cncn2)cc1. The first-order valence-electron chi connectivity index (χ1n) is 8.83. The normalized spacial score (nSPS) is 15.7. The van der Waals surface area contributed by atoms with Gasteiger partial charge in [0.1, 0.15) is 24.6 Å². The Morgan fingerprint density at radius 2 is 2.07 bits per heavy atom. The van der Waals surface area contributed by atoms with E-state index in [-0.39, 0.29) is 18.0 Å². The van der Waals surface area contributed by atoms with Gasteiger partial charge < -0.3 is 15.5 Å². The molecule has 0 saturated carbocycles. The van der Waals surface area contributed by atoms with E-state index in [1.807, 2.05) is 36.2 Å². The molecule has 4 rings (SSSR count). The van der Waals surface area contributed by atoms with Crippen LogP contribution >= 0.6 is 0 Å². The Hall–Kier alpha value is -3.75. The second-order valence-electron chi connectivity index (χ2n) is 6.44. The molecule has 28 heavy (non-hydrogen) atoms. The Kier molecular flexibility index (Phi) is 4.71. The summed E-state index contributed by atoms with van der Waals surface area (Å²) in [5, 5.41) is 9.80. The summed E-state index contributed by atoms with van der Waals surface area (Å²) in [4.78, 5) is 34.5. The molecule has 1 aromatic carbocycles. The van der Waals surface area contributed by atoms with Gasteiger partial charge in [0.2, 0.25) is 5.91 Å². The van der Waals surface area contributed by atoms with Gasteiger partial charge in [-0.25, -0.2) is 9.97 Å². The summed E-state index contributed by atoms with van der Waals surface area (Å²) in [7, 11) is 1.88. The summed E-state index contributed by atoms with van der Waals surface area (Å²) in [5.41, 5.74) is 2.14. The van der Waals surface area contributed by atoms with Gasteiger partial charge in [-0.05, 0) is 29.8 Å². The highest BCUT2D eigenvalue weighted by molar-refractivity contribution is 6.01. The Morgan fingerprint density at radius 3 is 2.82 bits per heavy atom. The topological polar surface area (TPSA) is 105 Å². The molecule has 9 nitrogen and oxygen atoms in total. The second-order valence-corrected chi connectivity index (χ2v) is 6.44. The number of pyridine rings is 1. The molecule has 0 fully saturated rings. The molecule has 1 aliphatic rings. The van der Waals surface area contributed by atoms with Crippen LogP contribution in [0.2, 0.25) is 0 Å². The number of hydrogen-bond acceptors (Lipinski definition) is 6. The highest BCUT2D eigenvalue weighted by Crippen LogP contribution is 2.30. The van der Waals surface area contributed by atoms with Crippen molar-refractivity contribution >= 4 is 23.3 Å². The molecule has 2 aromatic heterocycles. The third kappa shape index (κ3) is 3.54. The molecule has 9 heteroatoms. The van der Waals surface area contributed by atoms with Gasteiger partial charge in [-0.15, -0.1) is 0 Å². The summed E-state index contributed by atoms with van der Waals surface area (Å²) in [6.07, 6.45) is 4.65. The first kappa shape index (κ1) is 17.7. The molecule has 1 aliphatic heterocycles. The summed E-state index contributed by atoms with van der Waals surface area (Å²) in [6, 6.07) is 10.9. The van der Waals surface area contributed by atoms with Crippen LogP contribution in [-0.2, 0) is 11.3 Å². The molecule has 0 saturated heterocycles. The number of rotatable bonds is 5. The van der Waals surface area contributed by atoms with Gasteiger partial charge in [0, 0.05) is 25.4 Å². The second kappa shape index (κ2) is 7.47. The maximum Gasteiger partial charge on any atom is 0.256 e. The zero-order chi connectivity index (χ0) is 19.5. The van der Waals surface area contributed by atoms with Gasteiger partial charge in [0.25, 0.3) is 5.91 Å². The summed E-state index contributed by atoms with van der Waals surface area (Å²) in [6.45, 7) is 0.467. The van der Waals surface area contributed by atoms with Crippen molar-refractivity contribution in [3.8, 4) is 0 Å². The van der Waals surface area contributed by atoms with Crippen LogP contribution in [0.1, 0.15) is 28.5 Å². The predicted molar refractivity (Wildman–Crippen MR) is 103 cm³/mol. The van der Waals surface area contributed by atoms with E-state index in [2.05, 4.69) is 25.7 Å². The lowest BCUT2D eigenvalue weighted by molar-refractivity contribution is -0.116. The van der Waals surface area contributed by atoms with Gasteiger partial charge in [0.05, 0.1) is 12.1 Å². The number of anilines is 2. The van der Waals surface area contributed by atoms with Crippen molar-refractivity contribution in [3.05, 3.63) is 66.4 Å². The molecule has 0 aliphatic carbocycles. The van der Waals surface area contributed by atoms with Gasteiger partial charge >= 0.3 is 0 Å². The van der Waals surface area contributed by atoms with Crippen LogP contribution < -0.4 is 15.5 Å². The molecular formula is C19H19N7O2. The van der Waals surface area contributed by atoms with Gasteiger partial charge in [-0.3, -0.25) is 14.3 Å². The number of carbonyl (C=O) groups is 2. The number of benzene rings is 1. The van der Waals surface area contributed by atoms with Crippen molar-refractivity contribution in [2.45, 2.75) is 19.1 Å². The molecule has 2 amide bonds. The first-order chi connectivity index (χ1) is 13.6. The number of carbonyl (C=O) groups excluding carboxylic acids is 2. The number of nitrogens with zero attached hydrogens (tertiary/aromatic N) is 5. The van der Waals surface area contributed by atoms with Crippen LogP contribution in [0, 0.1) is 0 Å². The van der Waals surface area contributed by atoms with E-state index in [1.54, 1.807) is 29.3 Å². The fraction of sp³-hybridized carbons (Fsp3) is 0.211. The highest BCUT2D eigenvalue weighted by Gasteiger charge is 2.30. The molecule has 0 bridgehead atoms. The van der Waals surface area contributed by atoms with E-state index in [1.165, 1.54) is 6.33 Å². The van der Waals surface area contributed by atoms with Gasteiger partial charge in [0.15, 0.2) is 0 Å². The number of aromatic nitrogens is 4. The number of hydrogen-bond donors (Lipinski definition) is 2. The highest BCUT2D eigenvalue weighted by atomic mass is 16.2. The minimum absolute atomic E-state index is 0.107. The lowest BCUT2D eigenvalue weighted by Gasteiger charge is -2.35. The average Bonchev–Trinajstić information content (AvgIpc) is 3.24. The van der Waals surface area contributed by atoms with Crippen molar-refractivity contribution in [1.82, 2.24) is 25.1 Å². The van der Waals surface area contributed by atoms with Gasteiger partial charge in [-0.2, -0.15) is 5.10 Å². The maximum absolute atomic E-state index is 12.4. The van der Waals surface area contributed by atoms with E-state index >= 15 is 0 Å². The van der Waals surface area contributed by atoms with E-state index in [0.29, 0.717) is 30.0 Å². The van der Waals surface area contributed by atoms with Crippen LogP contribution in [0.3, 0.4) is 0 Å². The molecule has 1 atom stereocenters. The van der Waals surface area contributed by atoms with Crippen molar-refractivity contribution in [1.29, 1.82) is 0 Å². The molecule has 0 spiro atoms. The number of amides is 2. The van der Waals surface area contributed by atoms with Crippen LogP contribution in [0.15, 0.2) is 55.2 Å². The van der Waals surface area contributed by atoms with Crippen LogP contribution in [-0.4, -0.2) is 38.6 Å². The lowest BCUT2D eigenvalue weighted by atomic mass is 10.1. The van der Waals surface area contributed by atoms with Crippen LogP contribution in [0.4, 0.5) is 11.5 Å². The van der Waals surface area contributed by atoms with Crippen molar-refractivity contribution < 1.29 is 9.59 Å². The van der Waals surface area contributed by atoms with Gasteiger partial charge in [-0.1, -0.05) is 12.1 Å². The monoisotopic (exact) mass is 377 g/mol. The van der Waals surface area contributed by atoms with E-state index in [4.69, 9.17) is 0 Å². The standard InChI is InChI=1S/C19H19N7O2/c1-25-17(24-19(28)15-3-2-9-21-18(15)25)13-4-6-14(7-5-13)23-16(27)8-10-26-12-20-11-22-26/h2-7,9,11-12,17H,8,10H2,1H3,(H,23,27)(H,24,28)/t17-/m1/s1. The maximum atomic E-state index is 12.4. The largest absolute Gasteiger partial charge is 0.335 e. The van der Waals surface area contributed by atoms with E-state index in [9.17, 15) is 9.59 Å². The first-order valence-corrected chi connectivity index (χ1v) is 8.83. The van der Waals surface area contributed by atoms with Crippen LogP contribution in [0.5, 0.6) is 0 Å². The molecule has 0 radical (unpaired) electrons. The fourth-order valence-corrected chi connectivity index (χ4v) is 3.12. The summed E-state index contributed by atoms with van der Waals surface area (Å²) in [5.74, 6) is 0.378. The molecule has 142 valence electrons. The Labute approximate surface area is 161 Å². The number of aryl methyl sites for hydroxylation is 1. The number of fused-ring (bicyclic) bond motifs is 1. The molecule has 3 aromatic rings. The van der Waals surface area contributed by atoms with E-state index in [0.717, 1.165) is 5.56 Å². The summed E-state index contributed by atoms with van der Waals surface area (Å²) < 4.78 is 1.61. The fourth-order valence-electron chi connectivity index (χ4n) is 3.12. The van der Waals surface area contributed by atoms with Crippen molar-refractivity contribution in [2.24, 2.45) is 0 Å². The van der Waals surface area contributed by atoms with Crippen molar-refractivity contribution in [3.63, 3.8) is 0 Å². The molecule has 0 unspecified atom stereocenters. The Balaban J connectivity index is 1.42. The predicted octanol–water partition coefficient (Wildman–Crippen LogP) is 1.58. The number of nitrogens with one attached hydrogen (secondary N) is 2. The minimum atomic E-state index is -0.327. The Morgan fingerprint density at radius 1 is 1.25 bits per heavy atom. The van der Waals surface area contributed by atoms with E-state index < -0.39 is 0 Å². The smallest absolute Gasteiger partial charge is 0.256 e. The molecule has 3 heterocycles. The zero-order valence-electron chi connectivity index (χ0n) is 15.2. The lowest BCUT2D eigenvalue weighted by Crippen LogP contribution is -2.45. The summed E-state index contributed by atoms with van der Waals surface area (Å²) >= 11 is 0. The zero-order valence-corrected chi connectivity index (χ0v) is 15.2.